The first-order valence-electron chi connectivity index (χ1n) is 10.1. The fraction of sp³-hybridized carbons (Fsp3) is 0.714. The first-order valence-corrected chi connectivity index (χ1v) is 10.1. The molecule has 138 valence electrons. The van der Waals surface area contributed by atoms with Crippen molar-refractivity contribution in [1.29, 1.82) is 0 Å². The monoisotopic (exact) mass is 344 g/mol. The van der Waals surface area contributed by atoms with Crippen molar-refractivity contribution in [2.75, 3.05) is 39.4 Å². The molecular formula is C21H32N2O2. The Balaban J connectivity index is 1.24. The van der Waals surface area contributed by atoms with Gasteiger partial charge in [0.15, 0.2) is 0 Å². The number of hydrogen-bond donors (Lipinski definition) is 0. The van der Waals surface area contributed by atoms with E-state index in [9.17, 15) is 0 Å². The molecule has 0 radical (unpaired) electrons. The standard InChI is InChI=1S/C21H32N2O2/c1-3-18(15-19(4-1)17-23-11-13-24-14-12-23)16-22-9-7-21(8-10-22)25-20-5-2-6-20/h1,3-4,15,20-21H,2,5-14,16-17H2. The molecule has 1 aliphatic carbocycles. The van der Waals surface area contributed by atoms with Crippen molar-refractivity contribution >= 4 is 0 Å². The molecule has 0 N–H and O–H groups in total. The highest BCUT2D eigenvalue weighted by Crippen LogP contribution is 2.26. The molecule has 2 aliphatic heterocycles. The summed E-state index contributed by atoms with van der Waals surface area (Å²) in [5.41, 5.74) is 2.88. The SMILES string of the molecule is c1cc(CN2CCOCC2)cc(CN2CCC(OC3CCC3)CC2)c1. The van der Waals surface area contributed by atoms with Crippen LogP contribution in [0.25, 0.3) is 0 Å². The zero-order valence-corrected chi connectivity index (χ0v) is 15.4. The van der Waals surface area contributed by atoms with Crippen molar-refractivity contribution in [2.45, 2.75) is 57.4 Å². The van der Waals surface area contributed by atoms with E-state index in [1.807, 2.05) is 0 Å². The lowest BCUT2D eigenvalue weighted by Gasteiger charge is -2.36. The molecular weight excluding hydrogens is 312 g/mol. The largest absolute Gasteiger partial charge is 0.379 e. The van der Waals surface area contributed by atoms with Gasteiger partial charge in [0.25, 0.3) is 0 Å². The minimum absolute atomic E-state index is 0.509. The maximum Gasteiger partial charge on any atom is 0.0603 e. The Morgan fingerprint density at radius 3 is 2.04 bits per heavy atom. The molecule has 0 amide bonds. The van der Waals surface area contributed by atoms with Gasteiger partial charge in [-0.2, -0.15) is 0 Å². The smallest absolute Gasteiger partial charge is 0.0603 e. The maximum atomic E-state index is 6.19. The summed E-state index contributed by atoms with van der Waals surface area (Å²) in [6.07, 6.45) is 7.42. The van der Waals surface area contributed by atoms with E-state index in [2.05, 4.69) is 34.1 Å². The van der Waals surface area contributed by atoms with E-state index in [1.165, 1.54) is 56.3 Å². The van der Waals surface area contributed by atoms with Gasteiger partial charge < -0.3 is 9.47 Å². The minimum Gasteiger partial charge on any atom is -0.379 e. The van der Waals surface area contributed by atoms with Crippen LogP contribution in [0.5, 0.6) is 0 Å². The maximum absolute atomic E-state index is 6.19. The second-order valence-electron chi connectivity index (χ2n) is 7.87. The summed E-state index contributed by atoms with van der Waals surface area (Å²) in [5.74, 6) is 0. The van der Waals surface area contributed by atoms with Gasteiger partial charge in [-0.05, 0) is 43.2 Å². The zero-order valence-electron chi connectivity index (χ0n) is 15.4. The third kappa shape index (κ3) is 5.04. The molecule has 0 spiro atoms. The number of rotatable bonds is 6. The number of hydrogen-bond acceptors (Lipinski definition) is 4. The molecule has 1 saturated carbocycles. The molecule has 0 aromatic heterocycles. The molecule has 1 aromatic carbocycles. The van der Waals surface area contributed by atoms with Gasteiger partial charge in [-0.3, -0.25) is 9.80 Å². The molecule has 1 aromatic rings. The van der Waals surface area contributed by atoms with Gasteiger partial charge in [-0.1, -0.05) is 24.3 Å². The topological polar surface area (TPSA) is 24.9 Å². The molecule has 0 bridgehead atoms. The molecule has 3 aliphatic rings. The fourth-order valence-corrected chi connectivity index (χ4v) is 4.08. The predicted octanol–water partition coefficient (Wildman–Crippen LogP) is 3.05. The van der Waals surface area contributed by atoms with Crippen molar-refractivity contribution in [3.05, 3.63) is 35.4 Å². The first-order chi connectivity index (χ1) is 12.3. The summed E-state index contributed by atoms with van der Waals surface area (Å²) in [7, 11) is 0. The van der Waals surface area contributed by atoms with Gasteiger partial charge in [-0.25, -0.2) is 0 Å². The fourth-order valence-electron chi connectivity index (χ4n) is 4.08. The van der Waals surface area contributed by atoms with Gasteiger partial charge in [0.2, 0.25) is 0 Å². The lowest BCUT2D eigenvalue weighted by molar-refractivity contribution is -0.0741. The number of likely N-dealkylation sites (tertiary alicyclic amines) is 1. The van der Waals surface area contributed by atoms with Gasteiger partial charge in [0.05, 0.1) is 25.4 Å². The second kappa shape index (κ2) is 8.63. The zero-order chi connectivity index (χ0) is 16.9. The van der Waals surface area contributed by atoms with Crippen LogP contribution in [0.3, 0.4) is 0 Å². The number of piperidine rings is 1. The summed E-state index contributed by atoms with van der Waals surface area (Å²) in [6, 6.07) is 9.15. The number of morpholine rings is 1. The molecule has 2 heterocycles. The van der Waals surface area contributed by atoms with Crippen LogP contribution < -0.4 is 0 Å². The van der Waals surface area contributed by atoms with Crippen molar-refractivity contribution in [1.82, 2.24) is 9.80 Å². The Labute approximate surface area is 152 Å². The first kappa shape index (κ1) is 17.5. The average Bonchev–Trinajstić information content (AvgIpc) is 2.61. The minimum atomic E-state index is 0.509. The summed E-state index contributed by atoms with van der Waals surface area (Å²) in [6.45, 7) is 8.32. The van der Waals surface area contributed by atoms with Gasteiger partial charge in [-0.15, -0.1) is 0 Å². The average molecular weight is 344 g/mol. The molecule has 4 nitrogen and oxygen atoms in total. The molecule has 0 unspecified atom stereocenters. The third-order valence-electron chi connectivity index (χ3n) is 5.88. The summed E-state index contributed by atoms with van der Waals surface area (Å²) < 4.78 is 11.6. The van der Waals surface area contributed by atoms with Crippen LogP contribution in [0.15, 0.2) is 24.3 Å². The molecule has 3 fully saturated rings. The molecule has 4 heteroatoms. The van der Waals surface area contributed by atoms with Crippen molar-refractivity contribution < 1.29 is 9.47 Å². The van der Waals surface area contributed by atoms with Gasteiger partial charge in [0.1, 0.15) is 0 Å². The summed E-state index contributed by atoms with van der Waals surface area (Å²) in [4.78, 5) is 5.08. The molecule has 2 saturated heterocycles. The van der Waals surface area contributed by atoms with Crippen LogP contribution in [0.1, 0.15) is 43.2 Å². The number of benzene rings is 1. The van der Waals surface area contributed by atoms with E-state index in [1.54, 1.807) is 0 Å². The van der Waals surface area contributed by atoms with Crippen LogP contribution >= 0.6 is 0 Å². The van der Waals surface area contributed by atoms with Crippen molar-refractivity contribution in [3.63, 3.8) is 0 Å². The van der Waals surface area contributed by atoms with Crippen molar-refractivity contribution in [2.24, 2.45) is 0 Å². The predicted molar refractivity (Wildman–Crippen MR) is 99.6 cm³/mol. The third-order valence-corrected chi connectivity index (χ3v) is 5.88. The van der Waals surface area contributed by atoms with Crippen LogP contribution in [0.2, 0.25) is 0 Å². The second-order valence-corrected chi connectivity index (χ2v) is 7.87. The van der Waals surface area contributed by atoms with E-state index in [-0.39, 0.29) is 0 Å². The summed E-state index contributed by atoms with van der Waals surface area (Å²) in [5, 5.41) is 0. The van der Waals surface area contributed by atoms with Crippen molar-refractivity contribution in [3.8, 4) is 0 Å². The highest BCUT2D eigenvalue weighted by Gasteiger charge is 2.26. The van der Waals surface area contributed by atoms with E-state index in [4.69, 9.17) is 9.47 Å². The quantitative estimate of drug-likeness (QED) is 0.792. The van der Waals surface area contributed by atoms with Crippen LogP contribution in [0.4, 0.5) is 0 Å². The Hall–Kier alpha value is -0.940. The highest BCUT2D eigenvalue weighted by molar-refractivity contribution is 5.23. The highest BCUT2D eigenvalue weighted by atomic mass is 16.5. The Kier molecular flexibility index (Phi) is 6.03. The molecule has 25 heavy (non-hydrogen) atoms. The van der Waals surface area contributed by atoms with Crippen LogP contribution in [-0.4, -0.2) is 61.4 Å². The van der Waals surface area contributed by atoms with E-state index in [0.29, 0.717) is 12.2 Å². The lowest BCUT2D eigenvalue weighted by Crippen LogP contribution is -2.39. The van der Waals surface area contributed by atoms with Gasteiger partial charge >= 0.3 is 0 Å². The van der Waals surface area contributed by atoms with Crippen LogP contribution in [0, 0.1) is 0 Å². The number of ether oxygens (including phenoxy) is 2. The van der Waals surface area contributed by atoms with Gasteiger partial charge in [0, 0.05) is 39.3 Å². The Morgan fingerprint density at radius 1 is 0.840 bits per heavy atom. The Bertz CT molecular complexity index is 532. The van der Waals surface area contributed by atoms with E-state index in [0.717, 1.165) is 39.4 Å². The lowest BCUT2D eigenvalue weighted by atomic mass is 9.95. The molecule has 4 rings (SSSR count). The van der Waals surface area contributed by atoms with E-state index >= 15 is 0 Å². The van der Waals surface area contributed by atoms with Crippen LogP contribution in [-0.2, 0) is 22.6 Å². The normalized spacial score (nSPS) is 24.3. The summed E-state index contributed by atoms with van der Waals surface area (Å²) >= 11 is 0. The Morgan fingerprint density at radius 2 is 1.44 bits per heavy atom. The molecule has 0 atom stereocenters. The number of nitrogens with zero attached hydrogens (tertiary/aromatic N) is 2. The van der Waals surface area contributed by atoms with E-state index < -0.39 is 0 Å².